The van der Waals surface area contributed by atoms with Crippen molar-refractivity contribution in [2.45, 2.75) is 51.8 Å². The van der Waals surface area contributed by atoms with Crippen LogP contribution in [0.5, 0.6) is 0 Å². The summed E-state index contributed by atoms with van der Waals surface area (Å²) < 4.78 is -0.460. The van der Waals surface area contributed by atoms with E-state index in [4.69, 9.17) is 0 Å². The number of allylic oxidation sites excluding steroid dienone is 4. The zero-order valence-corrected chi connectivity index (χ0v) is 47.7. The van der Waals surface area contributed by atoms with Crippen LogP contribution in [0.4, 0.5) is 51.2 Å². The number of hydrogen-bond acceptors (Lipinski definition) is 9. The Hall–Kier alpha value is -2.86. The molecule has 0 saturated carbocycles. The van der Waals surface area contributed by atoms with Gasteiger partial charge in [0.05, 0.1) is 0 Å². The molecular weight excluding hydrogens is 885 g/mol. The summed E-state index contributed by atoms with van der Waals surface area (Å²) in [5.41, 5.74) is 20.8. The minimum atomic E-state index is -3.72. The van der Waals surface area contributed by atoms with Crippen molar-refractivity contribution in [3.8, 4) is 0 Å². The van der Waals surface area contributed by atoms with Crippen LogP contribution >= 0.6 is 0 Å². The summed E-state index contributed by atoms with van der Waals surface area (Å²) in [5, 5.41) is 4.26. The minimum absolute atomic E-state index is 0. The van der Waals surface area contributed by atoms with E-state index in [0.717, 1.165) is 0 Å². The van der Waals surface area contributed by atoms with Crippen molar-refractivity contribution in [2.75, 3.05) is 171 Å². The van der Waals surface area contributed by atoms with E-state index < -0.39 is 11.4 Å². The van der Waals surface area contributed by atoms with Crippen molar-refractivity contribution in [2.24, 2.45) is 0 Å². The number of rotatable bonds is 13. The number of aryl methyl sites for hydroxylation is 3. The Kier molecular flexibility index (Phi) is 18.9. The van der Waals surface area contributed by atoms with Crippen molar-refractivity contribution < 1.29 is 57.7 Å². The second-order valence-corrected chi connectivity index (χ2v) is 24.6. The van der Waals surface area contributed by atoms with Crippen LogP contribution < -0.4 is 96.9 Å². The molecule has 0 radical (unpaired) electrons. The molecule has 0 heterocycles. The summed E-state index contributed by atoms with van der Waals surface area (Å²) in [5.74, 6) is 0. The van der Waals surface area contributed by atoms with Gasteiger partial charge in [0.25, 0.3) is 0 Å². The molecule has 0 saturated heterocycles. The summed E-state index contributed by atoms with van der Waals surface area (Å²) in [6.45, 7) is 16.5. The van der Waals surface area contributed by atoms with Gasteiger partial charge < -0.3 is 37.2 Å². The maximum atomic E-state index is 2.64. The van der Waals surface area contributed by atoms with E-state index in [1.165, 1.54) is 106 Å². The molecule has 0 fully saturated rings. The largest absolute Gasteiger partial charge is 1.00 e. The van der Waals surface area contributed by atoms with Crippen LogP contribution in [0.15, 0.2) is 40.5 Å². The molecule has 3 aromatic rings. The van der Waals surface area contributed by atoms with Gasteiger partial charge in [0.1, 0.15) is 0 Å². The predicted octanol–water partition coefficient (Wildman–Crippen LogP) is -2.38. The third kappa shape index (κ3) is 8.67. The molecule has 14 heteroatoms. The fraction of sp³-hybridized carbons (Fsp3) is 0.542. The average molecular weight is 964 g/mol. The first kappa shape index (κ1) is 57.2. The molecule has 0 bridgehead atoms. The first-order chi connectivity index (χ1) is 27.1. The molecule has 0 unspecified atom stereocenters. The van der Waals surface area contributed by atoms with Gasteiger partial charge in [0.2, 0.25) is 0 Å². The van der Waals surface area contributed by atoms with E-state index in [-0.39, 0.29) is 37.2 Å². The van der Waals surface area contributed by atoms with E-state index in [1.807, 2.05) is 0 Å². The van der Waals surface area contributed by atoms with Gasteiger partial charge in [-0.25, -0.2) is 0 Å². The van der Waals surface area contributed by atoms with E-state index in [2.05, 4.69) is 258 Å². The van der Waals surface area contributed by atoms with Gasteiger partial charge in [0.15, 0.2) is 0 Å². The Labute approximate surface area is 409 Å². The van der Waals surface area contributed by atoms with Gasteiger partial charge in [-0.05, 0) is 0 Å². The van der Waals surface area contributed by atoms with E-state index in [9.17, 15) is 0 Å². The van der Waals surface area contributed by atoms with Gasteiger partial charge in [0, 0.05) is 0 Å². The third-order valence-corrected chi connectivity index (χ3v) is 21.5. The Bertz CT molecular complexity index is 1970. The van der Waals surface area contributed by atoms with Crippen molar-refractivity contribution in [1.29, 1.82) is 0 Å². The summed E-state index contributed by atoms with van der Waals surface area (Å²) in [6.07, 6.45) is 0. The van der Waals surface area contributed by atoms with Crippen molar-refractivity contribution in [3.05, 3.63) is 57.2 Å². The summed E-state index contributed by atoms with van der Waals surface area (Å²) in [6, 6.07) is 7.48. The molecule has 0 spiro atoms. The van der Waals surface area contributed by atoms with Crippen LogP contribution in [0.1, 0.15) is 44.4 Å². The number of hydrogen-bond donors (Lipinski definition) is 0. The van der Waals surface area contributed by atoms with Gasteiger partial charge in [-0.1, -0.05) is 0 Å². The van der Waals surface area contributed by atoms with Crippen molar-refractivity contribution >= 4 is 74.8 Å². The summed E-state index contributed by atoms with van der Waals surface area (Å²) in [7, 11) is 36.7. The molecule has 62 heavy (non-hydrogen) atoms. The van der Waals surface area contributed by atoms with Crippen LogP contribution in [-0.2, 0) is 20.4 Å². The number of halogens is 3. The van der Waals surface area contributed by atoms with Gasteiger partial charge in [-0.2, -0.15) is 0 Å². The molecule has 344 valence electrons. The van der Waals surface area contributed by atoms with E-state index in [1.54, 1.807) is 0 Å². The maximum Gasteiger partial charge on any atom is -1.00 e. The fourth-order valence-electron chi connectivity index (χ4n) is 10.4. The Balaban J connectivity index is 0.00000641. The van der Waals surface area contributed by atoms with Gasteiger partial charge in [-0.15, -0.1) is 0 Å². The first-order valence-electron chi connectivity index (χ1n) is 20.8. The van der Waals surface area contributed by atoms with E-state index in [0.29, 0.717) is 0 Å². The average Bonchev–Trinajstić information content (AvgIpc) is 3.26. The molecule has 0 aliphatic heterocycles. The molecule has 0 aromatic heterocycles. The first-order valence-corrected chi connectivity index (χ1v) is 23.6. The number of nitrogens with zero attached hydrogens (tertiary/aromatic N) is 9. The SMILES string of the molecule is CC1=C(C)[C]([Ti+3])([Si](c2c(N(C)C)cc(C)c(N(C)C)c2N(C)C)(c2c(N(C)C)cc(C)c(N(C)C)c2N(C)C)c2c(N(C)C)cc(C)c(N(C)C)c2N(C)C)C(C)=C1C.[Cl-].[Cl-].[Cl-]. The second kappa shape index (κ2) is 20.5. The van der Waals surface area contributed by atoms with Crippen LogP contribution in [0, 0.1) is 20.8 Å². The molecule has 1 aliphatic carbocycles. The van der Waals surface area contributed by atoms with Crippen molar-refractivity contribution in [3.63, 3.8) is 0 Å². The van der Waals surface area contributed by atoms with Gasteiger partial charge >= 0.3 is 375 Å². The molecule has 0 N–H and O–H groups in total. The molecule has 3 aromatic carbocycles. The molecule has 1 aliphatic rings. The third-order valence-electron chi connectivity index (χ3n) is 13.0. The smallest absolute Gasteiger partial charge is 1.00 e. The Morgan fingerprint density at radius 1 is 0.339 bits per heavy atom. The zero-order chi connectivity index (χ0) is 45.3. The molecule has 0 amide bonds. The van der Waals surface area contributed by atoms with Gasteiger partial charge in [-0.3, -0.25) is 0 Å². The second-order valence-electron chi connectivity index (χ2n) is 18.9. The molecule has 0 atom stereocenters. The normalized spacial score (nSPS) is 13.3. The zero-order valence-electron chi connectivity index (χ0n) is 42.9. The summed E-state index contributed by atoms with van der Waals surface area (Å²) >= 11 is 2.64. The molecule has 4 rings (SSSR count). The number of anilines is 9. The Morgan fingerprint density at radius 2 is 0.532 bits per heavy atom. The predicted molar refractivity (Wildman–Crippen MR) is 267 cm³/mol. The van der Waals surface area contributed by atoms with Crippen LogP contribution in [0.25, 0.3) is 0 Å². The standard InChI is InChI=1S/C48H78N9Si.3ClH.Ti/c1-29-26-36(49(8)9)46(42(55(20)21)39(29)52(14)15)58(45-34(6)32(4)33(5)35(45)7,47-37(50(10)11)27-30(2)40(53(16)17)43(47)56(22)23)48-38(51(12)13)28-31(3)41(54(18)19)44(48)57(24)25;;;;/h26-28H,1-25H3;3*1H;/q;;;;+3/p-3. The van der Waals surface area contributed by atoms with Crippen molar-refractivity contribution in [1.82, 2.24) is 0 Å². The fourth-order valence-corrected chi connectivity index (χ4v) is 20.2. The molecular formula is C48H78Cl3N9SiTi. The quantitative estimate of drug-likeness (QED) is 0.138. The van der Waals surface area contributed by atoms with Crippen LogP contribution in [0.3, 0.4) is 0 Å². The Morgan fingerprint density at radius 3 is 0.694 bits per heavy atom. The van der Waals surface area contributed by atoms with E-state index >= 15 is 0 Å². The monoisotopic (exact) mass is 961 g/mol. The number of benzene rings is 3. The van der Waals surface area contributed by atoms with Crippen LogP contribution in [-0.4, -0.2) is 135 Å². The topological polar surface area (TPSA) is 29.2 Å². The minimum Gasteiger partial charge on any atom is -1.00 e. The van der Waals surface area contributed by atoms with Crippen LogP contribution in [0.2, 0.25) is 3.34 Å². The molecule has 9 nitrogen and oxygen atoms in total. The maximum absolute atomic E-state index is 3.72. The summed E-state index contributed by atoms with van der Waals surface area (Å²) in [4.78, 5) is 21.6.